The summed E-state index contributed by atoms with van der Waals surface area (Å²) in [5.74, 6) is -2.35. The maximum Gasteiger partial charge on any atom is 0.417 e. The number of rotatable bonds is 2. The summed E-state index contributed by atoms with van der Waals surface area (Å²) in [6.07, 6.45) is -22.3. The summed E-state index contributed by atoms with van der Waals surface area (Å²) in [7, 11) is 0. The van der Waals surface area contributed by atoms with Gasteiger partial charge in [-0.2, -0.15) is 52.7 Å². The van der Waals surface area contributed by atoms with Crippen LogP contribution in [-0.4, -0.2) is 5.78 Å². The minimum Gasteiger partial charge on any atom is -0.399 e. The van der Waals surface area contributed by atoms with E-state index in [1.165, 1.54) is 0 Å². The summed E-state index contributed by atoms with van der Waals surface area (Å²) in [6.45, 7) is 0. The van der Waals surface area contributed by atoms with Gasteiger partial charge in [0.05, 0.1) is 22.3 Å². The summed E-state index contributed by atoms with van der Waals surface area (Å²) < 4.78 is 157. The molecule has 0 aliphatic heterocycles. The molecule has 0 amide bonds. The number of benzene rings is 2. The second kappa shape index (κ2) is 7.34. The predicted octanol–water partition coefficient (Wildman–Crippen LogP) is 6.58. The van der Waals surface area contributed by atoms with E-state index < -0.39 is 75.6 Å². The highest BCUT2D eigenvalue weighted by Gasteiger charge is 2.44. The highest BCUT2D eigenvalue weighted by molar-refractivity contribution is 6.11. The Labute approximate surface area is 164 Å². The van der Waals surface area contributed by atoms with E-state index in [-0.39, 0.29) is 24.3 Å². The molecule has 0 heterocycles. The highest BCUT2D eigenvalue weighted by atomic mass is 19.4. The third-order valence-corrected chi connectivity index (χ3v) is 3.85. The van der Waals surface area contributed by atoms with Gasteiger partial charge in [-0.15, -0.1) is 0 Å². The Balaban J connectivity index is 2.92. The average Bonchev–Trinajstić information content (AvgIpc) is 2.57. The van der Waals surface area contributed by atoms with Crippen molar-refractivity contribution in [1.82, 2.24) is 0 Å². The maximum absolute atomic E-state index is 13.3. The number of halogens is 12. The van der Waals surface area contributed by atoms with Gasteiger partial charge in [-0.3, -0.25) is 4.79 Å². The van der Waals surface area contributed by atoms with E-state index in [1.54, 1.807) is 0 Å². The topological polar surface area (TPSA) is 43.1 Å². The Morgan fingerprint density at radius 2 is 0.935 bits per heavy atom. The van der Waals surface area contributed by atoms with Crippen molar-refractivity contribution >= 4 is 11.5 Å². The summed E-state index contributed by atoms with van der Waals surface area (Å²) in [5, 5.41) is 0. The number of anilines is 1. The SMILES string of the molecule is Nc1cc(C(F)(F)F)c(C(=O)c2cc(C(F)(F)F)cc(C(F)(F)F)c2)c(C(F)(F)F)c1. The van der Waals surface area contributed by atoms with Gasteiger partial charge in [-0.25, -0.2) is 0 Å². The van der Waals surface area contributed by atoms with Gasteiger partial charge >= 0.3 is 24.7 Å². The standard InChI is InChI=1S/C17H7F12NO/c18-14(19,20)7-1-6(2-8(3-7)15(21,22)23)13(31)12-10(16(24,25)26)4-9(30)5-11(12)17(27,28)29/h1-5H,30H2. The predicted molar refractivity (Wildman–Crippen MR) is 80.7 cm³/mol. The minimum absolute atomic E-state index is 0.0826. The van der Waals surface area contributed by atoms with Crippen molar-refractivity contribution in [2.45, 2.75) is 24.7 Å². The molecule has 2 N–H and O–H groups in total. The smallest absolute Gasteiger partial charge is 0.399 e. The number of ketones is 1. The zero-order valence-electron chi connectivity index (χ0n) is 14.4. The molecule has 0 radical (unpaired) electrons. The van der Waals surface area contributed by atoms with Crippen LogP contribution in [0, 0.1) is 0 Å². The van der Waals surface area contributed by atoms with E-state index in [0.29, 0.717) is 0 Å². The fourth-order valence-corrected chi connectivity index (χ4v) is 2.59. The third-order valence-electron chi connectivity index (χ3n) is 3.85. The van der Waals surface area contributed by atoms with Crippen LogP contribution >= 0.6 is 0 Å². The van der Waals surface area contributed by atoms with E-state index in [9.17, 15) is 57.5 Å². The van der Waals surface area contributed by atoms with Crippen LogP contribution in [0.2, 0.25) is 0 Å². The fraction of sp³-hybridized carbons (Fsp3) is 0.235. The lowest BCUT2D eigenvalue weighted by atomic mass is 9.90. The quantitative estimate of drug-likeness (QED) is 0.307. The first-order chi connectivity index (χ1) is 13.7. The van der Waals surface area contributed by atoms with Gasteiger partial charge in [-0.1, -0.05) is 0 Å². The molecule has 31 heavy (non-hydrogen) atoms. The zero-order chi connectivity index (χ0) is 24.2. The van der Waals surface area contributed by atoms with Gasteiger partial charge in [0, 0.05) is 16.8 Å². The molecule has 0 aliphatic carbocycles. The Morgan fingerprint density at radius 1 is 0.581 bits per heavy atom. The number of nitrogen functional groups attached to an aromatic ring is 1. The number of hydrogen-bond acceptors (Lipinski definition) is 2. The lowest BCUT2D eigenvalue weighted by Crippen LogP contribution is -2.22. The maximum atomic E-state index is 13.3. The number of hydrogen-bond donors (Lipinski definition) is 1. The van der Waals surface area contributed by atoms with Gasteiger partial charge < -0.3 is 5.73 Å². The molecular formula is C17H7F12NO. The second-order valence-electron chi connectivity index (χ2n) is 6.11. The molecule has 0 spiro atoms. The average molecular weight is 469 g/mol. The van der Waals surface area contributed by atoms with E-state index in [1.807, 2.05) is 0 Å². The molecule has 2 aromatic rings. The van der Waals surface area contributed by atoms with Crippen molar-refractivity contribution in [2.24, 2.45) is 0 Å². The van der Waals surface area contributed by atoms with Crippen LogP contribution in [0.4, 0.5) is 58.4 Å². The molecule has 0 atom stereocenters. The summed E-state index contributed by atoms with van der Waals surface area (Å²) in [6, 6.07) is -1.14. The van der Waals surface area contributed by atoms with E-state index in [2.05, 4.69) is 0 Å². The van der Waals surface area contributed by atoms with Crippen molar-refractivity contribution in [3.8, 4) is 0 Å². The van der Waals surface area contributed by atoms with Crippen LogP contribution in [0.1, 0.15) is 38.2 Å². The van der Waals surface area contributed by atoms with E-state index in [0.717, 1.165) is 0 Å². The molecule has 0 bridgehead atoms. The Bertz CT molecular complexity index is 944. The normalized spacial score (nSPS) is 13.4. The number of carbonyl (C=O) groups is 1. The Hall–Kier alpha value is -2.93. The molecule has 0 fully saturated rings. The Kier molecular flexibility index (Phi) is 5.76. The molecule has 2 aromatic carbocycles. The van der Waals surface area contributed by atoms with Crippen molar-refractivity contribution in [1.29, 1.82) is 0 Å². The Morgan fingerprint density at radius 3 is 1.23 bits per heavy atom. The fourth-order valence-electron chi connectivity index (χ4n) is 2.59. The molecule has 170 valence electrons. The molecule has 0 saturated carbocycles. The highest BCUT2D eigenvalue weighted by Crippen LogP contribution is 2.43. The first-order valence-corrected chi connectivity index (χ1v) is 7.65. The van der Waals surface area contributed by atoms with Gasteiger partial charge in [-0.05, 0) is 30.3 Å². The third kappa shape index (κ3) is 5.22. The van der Waals surface area contributed by atoms with Crippen LogP contribution in [0.15, 0.2) is 30.3 Å². The van der Waals surface area contributed by atoms with Crippen LogP contribution in [0.3, 0.4) is 0 Å². The zero-order valence-corrected chi connectivity index (χ0v) is 14.4. The molecule has 0 unspecified atom stereocenters. The van der Waals surface area contributed by atoms with E-state index >= 15 is 0 Å². The summed E-state index contributed by atoms with van der Waals surface area (Å²) in [4.78, 5) is 12.5. The monoisotopic (exact) mass is 469 g/mol. The second-order valence-corrected chi connectivity index (χ2v) is 6.11. The van der Waals surface area contributed by atoms with Crippen molar-refractivity contribution in [2.75, 3.05) is 5.73 Å². The van der Waals surface area contributed by atoms with Gasteiger partial charge in [0.15, 0.2) is 5.78 Å². The van der Waals surface area contributed by atoms with Crippen LogP contribution in [-0.2, 0) is 24.7 Å². The van der Waals surface area contributed by atoms with E-state index in [4.69, 9.17) is 5.73 Å². The molecule has 2 rings (SSSR count). The molecule has 0 saturated heterocycles. The van der Waals surface area contributed by atoms with Crippen molar-refractivity contribution < 1.29 is 57.5 Å². The van der Waals surface area contributed by atoms with Crippen LogP contribution in [0.25, 0.3) is 0 Å². The summed E-state index contributed by atoms with van der Waals surface area (Å²) >= 11 is 0. The molecular weight excluding hydrogens is 462 g/mol. The number of nitrogens with two attached hydrogens (primary N) is 1. The first kappa shape index (κ1) is 24.3. The molecule has 2 nitrogen and oxygen atoms in total. The lowest BCUT2D eigenvalue weighted by Gasteiger charge is -2.20. The molecule has 14 heteroatoms. The summed E-state index contributed by atoms with van der Waals surface area (Å²) in [5.41, 5.74) is -8.65. The van der Waals surface area contributed by atoms with Crippen molar-refractivity contribution in [3.05, 3.63) is 63.7 Å². The van der Waals surface area contributed by atoms with Gasteiger partial charge in [0.2, 0.25) is 0 Å². The minimum atomic E-state index is -5.64. The lowest BCUT2D eigenvalue weighted by molar-refractivity contribution is -0.145. The van der Waals surface area contributed by atoms with Gasteiger partial charge in [0.25, 0.3) is 0 Å². The van der Waals surface area contributed by atoms with Crippen LogP contribution in [0.5, 0.6) is 0 Å². The number of alkyl halides is 12. The van der Waals surface area contributed by atoms with Gasteiger partial charge in [0.1, 0.15) is 0 Å². The van der Waals surface area contributed by atoms with Crippen LogP contribution < -0.4 is 5.73 Å². The first-order valence-electron chi connectivity index (χ1n) is 7.65. The number of carbonyl (C=O) groups excluding carboxylic acids is 1. The molecule has 0 aliphatic rings. The van der Waals surface area contributed by atoms with Crippen molar-refractivity contribution in [3.63, 3.8) is 0 Å². The molecule has 0 aromatic heterocycles. The largest absolute Gasteiger partial charge is 0.417 e.